The highest BCUT2D eigenvalue weighted by atomic mass is 16.1. The highest BCUT2D eigenvalue weighted by Gasteiger charge is 2.15. The Hall–Kier alpha value is -4.33. The first-order valence-electron chi connectivity index (χ1n) is 11.1. The van der Waals surface area contributed by atoms with Gasteiger partial charge in [-0.25, -0.2) is 15.0 Å². The van der Waals surface area contributed by atoms with E-state index in [1.807, 2.05) is 48.0 Å². The molecule has 0 aliphatic heterocycles. The van der Waals surface area contributed by atoms with E-state index in [1.165, 1.54) is 0 Å². The van der Waals surface area contributed by atoms with E-state index >= 15 is 0 Å². The van der Waals surface area contributed by atoms with Crippen LogP contribution in [0.25, 0.3) is 27.7 Å². The number of imidazole rings is 1. The number of rotatable bonds is 6. The number of para-hydroxylation sites is 1. The minimum absolute atomic E-state index is 0.117. The molecule has 0 aliphatic rings. The molecule has 0 saturated heterocycles. The minimum atomic E-state index is -0.117. The molecule has 1 aromatic carbocycles. The molecule has 170 valence electrons. The fourth-order valence-electron chi connectivity index (χ4n) is 4.20. The van der Waals surface area contributed by atoms with Crippen molar-refractivity contribution in [2.75, 3.05) is 18.9 Å². The summed E-state index contributed by atoms with van der Waals surface area (Å²) in [7, 11) is 1.63. The number of carbonyl (C=O) groups excluding carboxylic acids is 1. The molecule has 0 bridgehead atoms. The van der Waals surface area contributed by atoms with E-state index in [9.17, 15) is 4.79 Å². The topological polar surface area (TPSA) is 97.1 Å². The summed E-state index contributed by atoms with van der Waals surface area (Å²) in [5.74, 6) is 1.72. The molecule has 8 nitrogen and oxygen atoms in total. The van der Waals surface area contributed by atoms with Gasteiger partial charge in [-0.2, -0.15) is 0 Å². The van der Waals surface area contributed by atoms with Crippen molar-refractivity contribution in [3.8, 4) is 11.3 Å². The van der Waals surface area contributed by atoms with Crippen LogP contribution in [-0.4, -0.2) is 43.8 Å². The molecule has 4 aromatic heterocycles. The Kier molecular flexibility index (Phi) is 5.63. The summed E-state index contributed by atoms with van der Waals surface area (Å²) in [4.78, 5) is 30.1. The first-order valence-corrected chi connectivity index (χ1v) is 11.1. The molecule has 0 saturated carbocycles. The lowest BCUT2D eigenvalue weighted by atomic mass is 9.96. The number of amides is 1. The fourth-order valence-corrected chi connectivity index (χ4v) is 4.20. The second kappa shape index (κ2) is 8.90. The van der Waals surface area contributed by atoms with Crippen LogP contribution in [0.2, 0.25) is 0 Å². The number of benzene rings is 1. The molecule has 4 heterocycles. The molecule has 5 rings (SSSR count). The summed E-state index contributed by atoms with van der Waals surface area (Å²) in [6.45, 7) is 4.77. The first-order chi connectivity index (χ1) is 16.5. The maximum Gasteiger partial charge on any atom is 0.251 e. The number of anilines is 1. The molecule has 0 spiro atoms. The average Bonchev–Trinajstić information content (AvgIpc) is 3.26. The third-order valence-electron chi connectivity index (χ3n) is 6.07. The van der Waals surface area contributed by atoms with Crippen molar-refractivity contribution in [3.05, 3.63) is 84.3 Å². The van der Waals surface area contributed by atoms with Gasteiger partial charge in [-0.1, -0.05) is 25.1 Å². The van der Waals surface area contributed by atoms with E-state index in [0.29, 0.717) is 12.1 Å². The van der Waals surface area contributed by atoms with Crippen LogP contribution in [0.4, 0.5) is 5.82 Å². The molecular formula is C26H25N7O. The highest BCUT2D eigenvalue weighted by molar-refractivity contribution is 6.06. The maximum atomic E-state index is 12.3. The summed E-state index contributed by atoms with van der Waals surface area (Å²) in [6.07, 6.45) is 7.12. The largest absolute Gasteiger partial charge is 0.369 e. The monoisotopic (exact) mass is 451 g/mol. The van der Waals surface area contributed by atoms with Gasteiger partial charge in [0.1, 0.15) is 18.0 Å². The van der Waals surface area contributed by atoms with E-state index in [2.05, 4.69) is 49.6 Å². The first kappa shape index (κ1) is 21.5. The van der Waals surface area contributed by atoms with E-state index in [4.69, 9.17) is 0 Å². The summed E-state index contributed by atoms with van der Waals surface area (Å²) >= 11 is 0. The van der Waals surface area contributed by atoms with Gasteiger partial charge in [-0.15, -0.1) is 0 Å². The number of nitrogens with one attached hydrogen (secondary N) is 2. The predicted molar refractivity (Wildman–Crippen MR) is 133 cm³/mol. The van der Waals surface area contributed by atoms with Crippen molar-refractivity contribution in [2.45, 2.75) is 19.8 Å². The molecule has 1 amide bonds. The van der Waals surface area contributed by atoms with Crippen molar-refractivity contribution < 1.29 is 4.79 Å². The third kappa shape index (κ3) is 3.94. The second-order valence-corrected chi connectivity index (χ2v) is 8.27. The zero-order valence-electron chi connectivity index (χ0n) is 19.3. The lowest BCUT2D eigenvalue weighted by Crippen LogP contribution is -2.18. The van der Waals surface area contributed by atoms with Crippen molar-refractivity contribution in [1.29, 1.82) is 0 Å². The standard InChI is InChI=1S/C26H25N7O/c1-16(20-5-4-6-21-22(26(34)27-3)7-9-28-25(20)21)13-30-24-12-23(31-15-32-24)18-8-10-33-17(2)29-14-19(33)11-18/h4-12,14-16H,13H2,1-3H3,(H,27,34)(H,30,31,32). The van der Waals surface area contributed by atoms with Crippen LogP contribution in [-0.2, 0) is 0 Å². The van der Waals surface area contributed by atoms with Gasteiger partial charge in [0.05, 0.1) is 28.5 Å². The minimum Gasteiger partial charge on any atom is -0.369 e. The van der Waals surface area contributed by atoms with Crippen LogP contribution in [0, 0.1) is 6.92 Å². The van der Waals surface area contributed by atoms with Gasteiger partial charge in [0.15, 0.2) is 0 Å². The van der Waals surface area contributed by atoms with Crippen molar-refractivity contribution >= 4 is 28.1 Å². The number of aromatic nitrogens is 5. The molecule has 0 fully saturated rings. The molecule has 1 unspecified atom stereocenters. The van der Waals surface area contributed by atoms with Crippen LogP contribution in [0.3, 0.4) is 0 Å². The molecule has 0 radical (unpaired) electrons. The third-order valence-corrected chi connectivity index (χ3v) is 6.07. The molecular weight excluding hydrogens is 426 g/mol. The van der Waals surface area contributed by atoms with E-state index in [1.54, 1.807) is 25.6 Å². The van der Waals surface area contributed by atoms with Gasteiger partial charge < -0.3 is 15.0 Å². The molecule has 2 N–H and O–H groups in total. The van der Waals surface area contributed by atoms with Gasteiger partial charge in [0.2, 0.25) is 0 Å². The fraction of sp³-hybridized carbons (Fsp3) is 0.192. The Morgan fingerprint density at radius 1 is 1.09 bits per heavy atom. The van der Waals surface area contributed by atoms with Crippen LogP contribution in [0.5, 0.6) is 0 Å². The van der Waals surface area contributed by atoms with Crippen LogP contribution >= 0.6 is 0 Å². The Morgan fingerprint density at radius 2 is 1.97 bits per heavy atom. The Bertz CT molecular complexity index is 1510. The number of pyridine rings is 2. The van der Waals surface area contributed by atoms with Crippen molar-refractivity contribution in [2.24, 2.45) is 0 Å². The van der Waals surface area contributed by atoms with Crippen LogP contribution in [0.15, 0.2) is 67.4 Å². The van der Waals surface area contributed by atoms with Crippen LogP contribution < -0.4 is 10.6 Å². The van der Waals surface area contributed by atoms with E-state index in [0.717, 1.165) is 44.9 Å². The number of fused-ring (bicyclic) bond motifs is 2. The van der Waals surface area contributed by atoms with Gasteiger partial charge in [0, 0.05) is 48.9 Å². The lowest BCUT2D eigenvalue weighted by Gasteiger charge is -2.16. The summed E-state index contributed by atoms with van der Waals surface area (Å²) in [5, 5.41) is 6.98. The average molecular weight is 452 g/mol. The van der Waals surface area contributed by atoms with Crippen LogP contribution in [0.1, 0.15) is 34.6 Å². The number of aryl methyl sites for hydroxylation is 1. The molecule has 1 atom stereocenters. The zero-order chi connectivity index (χ0) is 23.7. The highest BCUT2D eigenvalue weighted by Crippen LogP contribution is 2.27. The lowest BCUT2D eigenvalue weighted by molar-refractivity contribution is 0.0964. The number of nitrogens with zero attached hydrogens (tertiary/aromatic N) is 5. The predicted octanol–water partition coefficient (Wildman–Crippen LogP) is 4.22. The van der Waals surface area contributed by atoms with Gasteiger partial charge in [-0.05, 0) is 30.7 Å². The van der Waals surface area contributed by atoms with E-state index < -0.39 is 0 Å². The normalized spacial score (nSPS) is 12.1. The van der Waals surface area contributed by atoms with Gasteiger partial charge in [0.25, 0.3) is 5.91 Å². The number of hydrogen-bond acceptors (Lipinski definition) is 6. The van der Waals surface area contributed by atoms with Crippen molar-refractivity contribution in [1.82, 2.24) is 29.7 Å². The van der Waals surface area contributed by atoms with Gasteiger partial charge in [-0.3, -0.25) is 9.78 Å². The molecule has 34 heavy (non-hydrogen) atoms. The summed E-state index contributed by atoms with van der Waals surface area (Å²) in [5.41, 5.74) is 5.41. The Labute approximate surface area is 197 Å². The molecule has 5 aromatic rings. The van der Waals surface area contributed by atoms with E-state index in [-0.39, 0.29) is 11.8 Å². The number of hydrogen-bond donors (Lipinski definition) is 2. The molecule has 8 heteroatoms. The smallest absolute Gasteiger partial charge is 0.251 e. The number of carbonyl (C=O) groups is 1. The Morgan fingerprint density at radius 3 is 2.82 bits per heavy atom. The maximum absolute atomic E-state index is 12.3. The second-order valence-electron chi connectivity index (χ2n) is 8.27. The van der Waals surface area contributed by atoms with Crippen molar-refractivity contribution in [3.63, 3.8) is 0 Å². The SMILES string of the molecule is CNC(=O)c1ccnc2c(C(C)CNc3cc(-c4ccn5c(C)ncc5c4)ncn3)cccc12. The van der Waals surface area contributed by atoms with Gasteiger partial charge >= 0.3 is 0 Å². The summed E-state index contributed by atoms with van der Waals surface area (Å²) < 4.78 is 2.04. The molecule has 0 aliphatic carbocycles. The Balaban J connectivity index is 1.37. The quantitative estimate of drug-likeness (QED) is 0.401. The summed E-state index contributed by atoms with van der Waals surface area (Å²) in [6, 6.07) is 13.8. The zero-order valence-corrected chi connectivity index (χ0v) is 19.3.